The van der Waals surface area contributed by atoms with E-state index in [4.69, 9.17) is 4.74 Å². The third-order valence-electron chi connectivity index (χ3n) is 3.16. The summed E-state index contributed by atoms with van der Waals surface area (Å²) in [7, 11) is 1.45. The minimum atomic E-state index is -0.115. The molecule has 0 amide bonds. The molecule has 0 aliphatic carbocycles. The Morgan fingerprint density at radius 2 is 2.06 bits per heavy atom. The molecule has 3 heteroatoms. The standard InChI is InChI=1S/C13H17NO2/c1-9-3-5-10(6-4-9)12-11(7-8-14-12)13(15)16-2/h3-6,11-12,14H,7-8H2,1-2H3/t11-,12-/m1/s1. The van der Waals surface area contributed by atoms with Crippen LogP contribution in [0.5, 0.6) is 0 Å². The van der Waals surface area contributed by atoms with Gasteiger partial charge in [0.25, 0.3) is 0 Å². The van der Waals surface area contributed by atoms with Gasteiger partial charge >= 0.3 is 5.97 Å². The van der Waals surface area contributed by atoms with Crippen molar-refractivity contribution in [2.45, 2.75) is 19.4 Å². The van der Waals surface area contributed by atoms with Gasteiger partial charge in [0.05, 0.1) is 13.0 Å². The van der Waals surface area contributed by atoms with E-state index in [1.165, 1.54) is 18.2 Å². The van der Waals surface area contributed by atoms with Gasteiger partial charge in [-0.2, -0.15) is 0 Å². The Kier molecular flexibility index (Phi) is 3.25. The SMILES string of the molecule is COC(=O)[C@@H]1CCN[C@@H]1c1ccc(C)cc1. The molecule has 1 heterocycles. The molecule has 0 unspecified atom stereocenters. The second kappa shape index (κ2) is 4.66. The second-order valence-corrected chi connectivity index (χ2v) is 4.26. The number of benzene rings is 1. The predicted octanol–water partition coefficient (Wildman–Crippen LogP) is 1.82. The van der Waals surface area contributed by atoms with Crippen LogP contribution in [0, 0.1) is 12.8 Å². The number of nitrogens with one attached hydrogen (secondary N) is 1. The first-order chi connectivity index (χ1) is 7.72. The lowest BCUT2D eigenvalue weighted by Gasteiger charge is -2.18. The monoisotopic (exact) mass is 219 g/mol. The van der Waals surface area contributed by atoms with Gasteiger partial charge in [-0.05, 0) is 25.5 Å². The Labute approximate surface area is 95.8 Å². The minimum Gasteiger partial charge on any atom is -0.469 e. The van der Waals surface area contributed by atoms with Crippen molar-refractivity contribution in [1.82, 2.24) is 5.32 Å². The number of ether oxygens (including phenoxy) is 1. The maximum Gasteiger partial charge on any atom is 0.310 e. The van der Waals surface area contributed by atoms with E-state index in [0.717, 1.165) is 13.0 Å². The van der Waals surface area contributed by atoms with E-state index in [1.807, 2.05) is 0 Å². The third kappa shape index (κ3) is 2.09. The Bertz CT molecular complexity index is 372. The first-order valence-electron chi connectivity index (χ1n) is 5.60. The number of carbonyl (C=O) groups is 1. The lowest BCUT2D eigenvalue weighted by atomic mass is 9.94. The van der Waals surface area contributed by atoms with Crippen molar-refractivity contribution < 1.29 is 9.53 Å². The molecule has 2 rings (SSSR count). The maximum absolute atomic E-state index is 11.6. The summed E-state index contributed by atoms with van der Waals surface area (Å²) in [4.78, 5) is 11.6. The van der Waals surface area contributed by atoms with E-state index in [0.29, 0.717) is 0 Å². The van der Waals surface area contributed by atoms with E-state index in [1.54, 1.807) is 0 Å². The zero-order valence-electron chi connectivity index (χ0n) is 9.69. The van der Waals surface area contributed by atoms with Gasteiger partial charge in [0, 0.05) is 6.04 Å². The Balaban J connectivity index is 2.19. The molecule has 3 nitrogen and oxygen atoms in total. The van der Waals surface area contributed by atoms with Crippen LogP contribution in [-0.4, -0.2) is 19.6 Å². The van der Waals surface area contributed by atoms with Crippen LogP contribution in [0.2, 0.25) is 0 Å². The molecule has 0 bridgehead atoms. The first-order valence-corrected chi connectivity index (χ1v) is 5.60. The molecular weight excluding hydrogens is 202 g/mol. The van der Waals surface area contributed by atoms with Gasteiger partial charge in [0.2, 0.25) is 0 Å². The molecule has 86 valence electrons. The van der Waals surface area contributed by atoms with Crippen molar-refractivity contribution in [3.8, 4) is 0 Å². The Hall–Kier alpha value is -1.35. The normalized spacial score (nSPS) is 24.4. The van der Waals surface area contributed by atoms with Crippen molar-refractivity contribution in [1.29, 1.82) is 0 Å². The van der Waals surface area contributed by atoms with Gasteiger partial charge in [-0.25, -0.2) is 0 Å². The molecule has 1 saturated heterocycles. The summed E-state index contributed by atoms with van der Waals surface area (Å²) in [6.07, 6.45) is 0.852. The van der Waals surface area contributed by atoms with Crippen LogP contribution in [0.3, 0.4) is 0 Å². The fourth-order valence-corrected chi connectivity index (χ4v) is 2.23. The highest BCUT2D eigenvalue weighted by Gasteiger charge is 2.34. The highest BCUT2D eigenvalue weighted by molar-refractivity contribution is 5.74. The molecule has 0 saturated carbocycles. The molecule has 1 aliphatic heterocycles. The smallest absolute Gasteiger partial charge is 0.310 e. The number of carbonyl (C=O) groups excluding carboxylic acids is 1. The van der Waals surface area contributed by atoms with Crippen molar-refractivity contribution >= 4 is 5.97 Å². The number of hydrogen-bond donors (Lipinski definition) is 1. The quantitative estimate of drug-likeness (QED) is 0.771. The highest BCUT2D eigenvalue weighted by Crippen LogP contribution is 2.30. The zero-order chi connectivity index (χ0) is 11.5. The summed E-state index contributed by atoms with van der Waals surface area (Å²) in [5.74, 6) is -0.164. The predicted molar refractivity (Wildman–Crippen MR) is 62.0 cm³/mol. The molecule has 1 aromatic carbocycles. The van der Waals surface area contributed by atoms with E-state index >= 15 is 0 Å². The molecule has 16 heavy (non-hydrogen) atoms. The van der Waals surface area contributed by atoms with E-state index in [2.05, 4.69) is 36.5 Å². The van der Waals surface area contributed by atoms with Crippen LogP contribution in [-0.2, 0) is 9.53 Å². The van der Waals surface area contributed by atoms with Gasteiger partial charge in [0.15, 0.2) is 0 Å². The van der Waals surface area contributed by atoms with Gasteiger partial charge < -0.3 is 10.1 Å². The van der Waals surface area contributed by atoms with E-state index < -0.39 is 0 Å². The van der Waals surface area contributed by atoms with Gasteiger partial charge in [-0.3, -0.25) is 4.79 Å². The van der Waals surface area contributed by atoms with Gasteiger partial charge in [-0.1, -0.05) is 29.8 Å². The van der Waals surface area contributed by atoms with E-state index in [-0.39, 0.29) is 17.9 Å². The molecule has 1 aliphatic rings. The number of esters is 1. The van der Waals surface area contributed by atoms with Crippen LogP contribution in [0.4, 0.5) is 0 Å². The molecule has 1 N–H and O–H groups in total. The minimum absolute atomic E-state index is 0.0484. The summed E-state index contributed by atoms with van der Waals surface area (Å²) < 4.78 is 4.83. The summed E-state index contributed by atoms with van der Waals surface area (Å²) >= 11 is 0. The summed E-state index contributed by atoms with van der Waals surface area (Å²) in [6, 6.07) is 8.41. The first kappa shape index (κ1) is 11.1. The average molecular weight is 219 g/mol. The molecule has 0 spiro atoms. The van der Waals surface area contributed by atoms with Gasteiger partial charge in [-0.15, -0.1) is 0 Å². The number of aryl methyl sites for hydroxylation is 1. The molecule has 0 aromatic heterocycles. The lowest BCUT2D eigenvalue weighted by molar-refractivity contribution is -0.145. The molecule has 2 atom stereocenters. The van der Waals surface area contributed by atoms with Crippen LogP contribution in [0.25, 0.3) is 0 Å². The van der Waals surface area contributed by atoms with Crippen LogP contribution in [0.1, 0.15) is 23.6 Å². The fraction of sp³-hybridized carbons (Fsp3) is 0.462. The fourth-order valence-electron chi connectivity index (χ4n) is 2.23. The number of hydrogen-bond acceptors (Lipinski definition) is 3. The molecule has 1 fully saturated rings. The lowest BCUT2D eigenvalue weighted by Crippen LogP contribution is -2.24. The number of methoxy groups -OCH3 is 1. The number of rotatable bonds is 2. The summed E-state index contributed by atoms with van der Waals surface area (Å²) in [5, 5.41) is 3.36. The summed E-state index contributed by atoms with van der Waals surface area (Å²) in [6.45, 7) is 2.93. The van der Waals surface area contributed by atoms with Crippen LogP contribution in [0.15, 0.2) is 24.3 Å². The van der Waals surface area contributed by atoms with Gasteiger partial charge in [0.1, 0.15) is 0 Å². The molecular formula is C13H17NO2. The topological polar surface area (TPSA) is 38.3 Å². The van der Waals surface area contributed by atoms with Crippen molar-refractivity contribution in [2.75, 3.05) is 13.7 Å². The molecule has 0 radical (unpaired) electrons. The van der Waals surface area contributed by atoms with Crippen molar-refractivity contribution in [2.24, 2.45) is 5.92 Å². The van der Waals surface area contributed by atoms with Crippen molar-refractivity contribution in [3.05, 3.63) is 35.4 Å². The summed E-state index contributed by atoms with van der Waals surface area (Å²) in [5.41, 5.74) is 2.40. The van der Waals surface area contributed by atoms with Crippen molar-refractivity contribution in [3.63, 3.8) is 0 Å². The third-order valence-corrected chi connectivity index (χ3v) is 3.16. The Morgan fingerprint density at radius 3 is 2.69 bits per heavy atom. The Morgan fingerprint density at radius 1 is 1.38 bits per heavy atom. The van der Waals surface area contributed by atoms with Crippen LogP contribution < -0.4 is 5.32 Å². The largest absolute Gasteiger partial charge is 0.469 e. The second-order valence-electron chi connectivity index (χ2n) is 4.26. The zero-order valence-corrected chi connectivity index (χ0v) is 9.69. The molecule has 1 aromatic rings. The maximum atomic E-state index is 11.6. The van der Waals surface area contributed by atoms with E-state index in [9.17, 15) is 4.79 Å². The van der Waals surface area contributed by atoms with Crippen LogP contribution >= 0.6 is 0 Å². The highest BCUT2D eigenvalue weighted by atomic mass is 16.5. The average Bonchev–Trinajstić information content (AvgIpc) is 2.78.